The molecule has 29 heavy (non-hydrogen) atoms. The third-order valence-corrected chi connectivity index (χ3v) is 6.62. The van der Waals surface area contributed by atoms with Crippen molar-refractivity contribution >= 4 is 21.8 Å². The summed E-state index contributed by atoms with van der Waals surface area (Å²) in [6, 6.07) is 5.10. The monoisotopic (exact) mass is 427 g/mol. The number of amides is 1. The van der Waals surface area contributed by atoms with Crippen molar-refractivity contribution in [2.45, 2.75) is 34.1 Å². The number of hydrogen-bond acceptors (Lipinski definition) is 5. The van der Waals surface area contributed by atoms with Gasteiger partial charge >= 0.3 is 0 Å². The Morgan fingerprint density at radius 2 is 1.72 bits per heavy atom. The van der Waals surface area contributed by atoms with Gasteiger partial charge in [0.1, 0.15) is 0 Å². The van der Waals surface area contributed by atoms with Crippen molar-refractivity contribution in [3.8, 4) is 11.5 Å². The summed E-state index contributed by atoms with van der Waals surface area (Å²) in [6.45, 7) is 9.50. The molecule has 1 heterocycles. The largest absolute Gasteiger partial charge is 0.490 e. The van der Waals surface area contributed by atoms with Gasteiger partial charge in [-0.1, -0.05) is 13.8 Å². The predicted molar refractivity (Wildman–Crippen MR) is 113 cm³/mol. The average Bonchev–Trinajstić information content (AvgIpc) is 2.63. The van der Waals surface area contributed by atoms with Crippen LogP contribution >= 0.6 is 0 Å². The van der Waals surface area contributed by atoms with E-state index < -0.39 is 16.1 Å². The summed E-state index contributed by atoms with van der Waals surface area (Å²) < 4.78 is 39.4. The van der Waals surface area contributed by atoms with Crippen LogP contribution in [-0.2, 0) is 15.0 Å². The SMILES string of the molecule is CCOc1ccc(NC(=O)CN(C)S(=O)(=O)N2C[C@H](C)C[C@H](C)C2)cc1OCC. The van der Waals surface area contributed by atoms with E-state index in [1.54, 1.807) is 18.2 Å². The molecule has 164 valence electrons. The lowest BCUT2D eigenvalue weighted by molar-refractivity contribution is -0.116. The molecule has 2 rings (SSSR count). The van der Waals surface area contributed by atoms with Gasteiger partial charge in [0, 0.05) is 31.9 Å². The number of carbonyl (C=O) groups excluding carboxylic acids is 1. The Morgan fingerprint density at radius 1 is 1.14 bits per heavy atom. The molecule has 0 unspecified atom stereocenters. The average molecular weight is 428 g/mol. The number of ether oxygens (including phenoxy) is 2. The fourth-order valence-corrected chi connectivity index (χ4v) is 5.16. The number of nitrogens with one attached hydrogen (secondary N) is 1. The molecule has 9 heteroatoms. The van der Waals surface area contributed by atoms with Crippen molar-refractivity contribution in [3.63, 3.8) is 0 Å². The van der Waals surface area contributed by atoms with Crippen LogP contribution in [0, 0.1) is 11.8 Å². The summed E-state index contributed by atoms with van der Waals surface area (Å²) in [5.41, 5.74) is 0.521. The minimum Gasteiger partial charge on any atom is -0.490 e. The highest BCUT2D eigenvalue weighted by molar-refractivity contribution is 7.86. The topological polar surface area (TPSA) is 88.2 Å². The van der Waals surface area contributed by atoms with Crippen molar-refractivity contribution in [2.75, 3.05) is 45.2 Å². The van der Waals surface area contributed by atoms with E-state index in [0.717, 1.165) is 10.7 Å². The third-order valence-electron chi connectivity index (χ3n) is 4.75. The fourth-order valence-electron chi connectivity index (χ4n) is 3.60. The number of rotatable bonds is 9. The van der Waals surface area contributed by atoms with Crippen molar-refractivity contribution in [3.05, 3.63) is 18.2 Å². The molecule has 8 nitrogen and oxygen atoms in total. The minimum absolute atomic E-state index is 0.265. The van der Waals surface area contributed by atoms with E-state index in [2.05, 4.69) is 5.32 Å². The number of piperidine rings is 1. The van der Waals surface area contributed by atoms with Gasteiger partial charge in [0.25, 0.3) is 10.2 Å². The van der Waals surface area contributed by atoms with Gasteiger partial charge in [-0.05, 0) is 44.2 Å². The Balaban J connectivity index is 2.03. The number of likely N-dealkylation sites (N-methyl/N-ethyl adjacent to an activating group) is 1. The number of benzene rings is 1. The summed E-state index contributed by atoms with van der Waals surface area (Å²) >= 11 is 0. The Kier molecular flexibility index (Phi) is 8.30. The molecule has 1 fully saturated rings. The first-order chi connectivity index (χ1) is 13.7. The Morgan fingerprint density at radius 3 is 2.31 bits per heavy atom. The van der Waals surface area contributed by atoms with Crippen LogP contribution in [0.5, 0.6) is 11.5 Å². The zero-order valence-electron chi connectivity index (χ0n) is 18.0. The Hall–Kier alpha value is -1.84. The molecule has 1 aromatic rings. The molecule has 1 saturated heterocycles. The molecule has 1 aromatic carbocycles. The van der Waals surface area contributed by atoms with Crippen LogP contribution in [0.3, 0.4) is 0 Å². The number of nitrogens with zero attached hydrogens (tertiary/aromatic N) is 2. The van der Waals surface area contributed by atoms with E-state index in [9.17, 15) is 13.2 Å². The van der Waals surface area contributed by atoms with Crippen molar-refractivity contribution in [1.82, 2.24) is 8.61 Å². The zero-order chi connectivity index (χ0) is 21.6. The molecule has 0 radical (unpaired) electrons. The molecular weight excluding hydrogens is 394 g/mol. The van der Waals surface area contributed by atoms with Gasteiger partial charge in [0.15, 0.2) is 11.5 Å². The van der Waals surface area contributed by atoms with Gasteiger partial charge in [-0.3, -0.25) is 4.79 Å². The maximum absolute atomic E-state index is 12.9. The molecule has 0 bridgehead atoms. The summed E-state index contributed by atoms with van der Waals surface area (Å²) in [7, 11) is -2.25. The molecular formula is C20H33N3O5S. The first-order valence-corrected chi connectivity index (χ1v) is 11.5. The van der Waals surface area contributed by atoms with Crippen LogP contribution in [0.4, 0.5) is 5.69 Å². The molecule has 1 aliphatic rings. The lowest BCUT2D eigenvalue weighted by Crippen LogP contribution is -2.49. The second-order valence-corrected chi connectivity index (χ2v) is 9.64. The van der Waals surface area contributed by atoms with Crippen LogP contribution in [0.1, 0.15) is 34.1 Å². The fraction of sp³-hybridized carbons (Fsp3) is 0.650. The summed E-state index contributed by atoms with van der Waals surface area (Å²) in [4.78, 5) is 12.5. The zero-order valence-corrected chi connectivity index (χ0v) is 18.8. The Bertz CT molecular complexity index is 789. The molecule has 0 aliphatic carbocycles. The number of hydrogen-bond donors (Lipinski definition) is 1. The highest BCUT2D eigenvalue weighted by Crippen LogP contribution is 2.30. The van der Waals surface area contributed by atoms with Gasteiger partial charge in [-0.15, -0.1) is 0 Å². The molecule has 1 aliphatic heterocycles. The molecule has 0 spiro atoms. The molecule has 1 N–H and O–H groups in total. The van der Waals surface area contributed by atoms with Crippen LogP contribution < -0.4 is 14.8 Å². The van der Waals surface area contributed by atoms with Crippen LogP contribution in [0.15, 0.2) is 18.2 Å². The van der Waals surface area contributed by atoms with Crippen molar-refractivity contribution in [2.24, 2.45) is 11.8 Å². The molecule has 1 amide bonds. The summed E-state index contributed by atoms with van der Waals surface area (Å²) in [6.07, 6.45) is 1.01. The van der Waals surface area contributed by atoms with E-state index in [-0.39, 0.29) is 6.54 Å². The number of anilines is 1. The van der Waals surface area contributed by atoms with E-state index in [1.165, 1.54) is 11.4 Å². The smallest absolute Gasteiger partial charge is 0.282 e. The summed E-state index contributed by atoms with van der Waals surface area (Å²) in [5, 5.41) is 2.73. The standard InChI is InChI=1S/C20H33N3O5S/c1-6-27-18-9-8-17(11-19(18)28-7-2)21-20(24)14-22(5)29(25,26)23-12-15(3)10-16(4)13-23/h8-9,11,15-16H,6-7,10,12-14H2,1-5H3,(H,21,24)/t15-,16+. The van der Waals surface area contributed by atoms with E-state index in [1.807, 2.05) is 27.7 Å². The van der Waals surface area contributed by atoms with Crippen LogP contribution in [0.2, 0.25) is 0 Å². The minimum atomic E-state index is -3.68. The van der Waals surface area contributed by atoms with Crippen molar-refractivity contribution < 1.29 is 22.7 Å². The van der Waals surface area contributed by atoms with Crippen molar-refractivity contribution in [1.29, 1.82) is 0 Å². The highest BCUT2D eigenvalue weighted by atomic mass is 32.2. The van der Waals surface area contributed by atoms with Gasteiger partial charge in [0.2, 0.25) is 5.91 Å². The number of carbonyl (C=O) groups is 1. The highest BCUT2D eigenvalue weighted by Gasteiger charge is 2.33. The molecule has 0 saturated carbocycles. The maximum atomic E-state index is 12.9. The van der Waals surface area contributed by atoms with E-state index >= 15 is 0 Å². The van der Waals surface area contributed by atoms with Gasteiger partial charge in [0.05, 0.1) is 19.8 Å². The van der Waals surface area contributed by atoms with E-state index in [0.29, 0.717) is 55.3 Å². The molecule has 2 atom stereocenters. The normalized spacial score (nSPS) is 20.5. The van der Waals surface area contributed by atoms with Crippen LogP contribution in [0.25, 0.3) is 0 Å². The van der Waals surface area contributed by atoms with E-state index in [4.69, 9.17) is 9.47 Å². The Labute approximate surface area is 174 Å². The second kappa shape index (κ2) is 10.3. The van der Waals surface area contributed by atoms with Gasteiger partial charge in [-0.2, -0.15) is 17.0 Å². The molecule has 0 aromatic heterocycles. The first-order valence-electron chi connectivity index (χ1n) is 10.1. The van der Waals surface area contributed by atoms with Gasteiger partial charge < -0.3 is 14.8 Å². The summed E-state index contributed by atoms with van der Waals surface area (Å²) in [5.74, 6) is 1.32. The lowest BCUT2D eigenvalue weighted by Gasteiger charge is -2.36. The lowest BCUT2D eigenvalue weighted by atomic mass is 9.94. The maximum Gasteiger partial charge on any atom is 0.282 e. The predicted octanol–water partition coefficient (Wildman–Crippen LogP) is 2.58. The third kappa shape index (κ3) is 6.32. The van der Waals surface area contributed by atoms with Gasteiger partial charge in [-0.25, -0.2) is 0 Å². The first kappa shape index (κ1) is 23.4. The quantitative estimate of drug-likeness (QED) is 0.654. The van der Waals surface area contributed by atoms with Crippen LogP contribution in [-0.4, -0.2) is 62.8 Å². The second-order valence-electron chi connectivity index (χ2n) is 7.60.